The summed E-state index contributed by atoms with van der Waals surface area (Å²) in [5.41, 5.74) is 0.991. The Morgan fingerprint density at radius 1 is 1.11 bits per heavy atom. The van der Waals surface area contributed by atoms with Gasteiger partial charge in [-0.25, -0.2) is 0 Å². The van der Waals surface area contributed by atoms with Crippen molar-refractivity contribution in [2.45, 2.75) is 31.8 Å². The van der Waals surface area contributed by atoms with Gasteiger partial charge in [0.05, 0.1) is 12.6 Å². The zero-order valence-electron chi connectivity index (χ0n) is 15.4. The van der Waals surface area contributed by atoms with Crippen LogP contribution in [0.1, 0.15) is 31.4 Å². The van der Waals surface area contributed by atoms with Crippen LogP contribution >= 0.6 is 11.6 Å². The van der Waals surface area contributed by atoms with Crippen LogP contribution in [0.15, 0.2) is 24.3 Å². The Balaban J connectivity index is 1.40. The van der Waals surface area contributed by atoms with Crippen LogP contribution in [-0.4, -0.2) is 66.3 Å². The number of benzene rings is 1. The van der Waals surface area contributed by atoms with Crippen molar-refractivity contribution in [3.63, 3.8) is 0 Å². The van der Waals surface area contributed by atoms with Crippen LogP contribution in [0.2, 0.25) is 5.02 Å². The van der Waals surface area contributed by atoms with E-state index in [9.17, 15) is 14.4 Å². The van der Waals surface area contributed by atoms with Crippen LogP contribution in [0.3, 0.4) is 0 Å². The average Bonchev–Trinajstić information content (AvgIpc) is 3.46. The van der Waals surface area contributed by atoms with E-state index in [1.54, 1.807) is 17.0 Å². The molecule has 2 N–H and O–H groups in total. The van der Waals surface area contributed by atoms with Crippen molar-refractivity contribution in [1.82, 2.24) is 20.4 Å². The third-order valence-electron chi connectivity index (χ3n) is 4.88. The number of nitrogens with zero attached hydrogens (tertiary/aromatic N) is 2. The second-order valence-electron chi connectivity index (χ2n) is 7.16. The van der Waals surface area contributed by atoms with Gasteiger partial charge in [0.1, 0.15) is 0 Å². The smallest absolute Gasteiger partial charge is 0.311 e. The van der Waals surface area contributed by atoms with Gasteiger partial charge in [-0.2, -0.15) is 0 Å². The van der Waals surface area contributed by atoms with Crippen LogP contribution in [0.25, 0.3) is 0 Å². The highest BCUT2D eigenvalue weighted by molar-refractivity contribution is 6.35. The quantitative estimate of drug-likeness (QED) is 0.731. The van der Waals surface area contributed by atoms with Crippen molar-refractivity contribution in [1.29, 1.82) is 0 Å². The van der Waals surface area contributed by atoms with E-state index < -0.39 is 11.8 Å². The second-order valence-corrected chi connectivity index (χ2v) is 7.59. The normalized spacial score (nSPS) is 18.7. The second kappa shape index (κ2) is 8.71. The highest BCUT2D eigenvalue weighted by Crippen LogP contribution is 2.18. The Morgan fingerprint density at radius 2 is 1.74 bits per heavy atom. The van der Waals surface area contributed by atoms with E-state index >= 15 is 0 Å². The van der Waals surface area contributed by atoms with E-state index in [4.69, 9.17) is 11.6 Å². The highest BCUT2D eigenvalue weighted by atomic mass is 35.5. The topological polar surface area (TPSA) is 81.8 Å². The number of carbonyl (C=O) groups is 3. The third kappa shape index (κ3) is 5.68. The zero-order valence-corrected chi connectivity index (χ0v) is 16.2. The van der Waals surface area contributed by atoms with Crippen molar-refractivity contribution in [2.75, 3.05) is 32.7 Å². The molecule has 3 rings (SSSR count). The van der Waals surface area contributed by atoms with Gasteiger partial charge in [0.2, 0.25) is 5.91 Å². The number of carbonyl (C=O) groups excluding carboxylic acids is 3. The van der Waals surface area contributed by atoms with Crippen LogP contribution in [-0.2, 0) is 14.4 Å². The van der Waals surface area contributed by atoms with Gasteiger partial charge in [-0.15, -0.1) is 0 Å². The monoisotopic (exact) mass is 392 g/mol. The van der Waals surface area contributed by atoms with Gasteiger partial charge in [0, 0.05) is 37.2 Å². The van der Waals surface area contributed by atoms with E-state index in [1.807, 2.05) is 24.0 Å². The lowest BCUT2D eigenvalue weighted by Gasteiger charge is -2.34. The van der Waals surface area contributed by atoms with Crippen molar-refractivity contribution in [3.05, 3.63) is 34.9 Å². The predicted molar refractivity (Wildman–Crippen MR) is 102 cm³/mol. The first kappa shape index (κ1) is 19.6. The average molecular weight is 393 g/mol. The molecule has 3 amide bonds. The van der Waals surface area contributed by atoms with E-state index in [0.29, 0.717) is 31.2 Å². The lowest BCUT2D eigenvalue weighted by molar-refractivity contribution is -0.147. The van der Waals surface area contributed by atoms with Crippen LogP contribution in [0, 0.1) is 0 Å². The number of nitrogens with one attached hydrogen (secondary N) is 2. The number of rotatable bonds is 5. The van der Waals surface area contributed by atoms with Gasteiger partial charge in [-0.05, 0) is 37.5 Å². The summed E-state index contributed by atoms with van der Waals surface area (Å²) in [5.74, 6) is -1.05. The molecule has 2 aliphatic rings. The van der Waals surface area contributed by atoms with E-state index in [-0.39, 0.29) is 24.5 Å². The van der Waals surface area contributed by atoms with Crippen molar-refractivity contribution in [2.24, 2.45) is 0 Å². The maximum atomic E-state index is 12.3. The Kier molecular flexibility index (Phi) is 6.34. The molecule has 1 aromatic rings. The van der Waals surface area contributed by atoms with Crippen LogP contribution in [0.4, 0.5) is 0 Å². The molecule has 0 radical (unpaired) electrons. The molecule has 0 bridgehead atoms. The number of hydrogen-bond acceptors (Lipinski definition) is 4. The minimum atomic E-state index is -0.513. The fourth-order valence-corrected chi connectivity index (χ4v) is 3.18. The molecule has 8 heteroatoms. The van der Waals surface area contributed by atoms with Crippen LogP contribution in [0.5, 0.6) is 0 Å². The molecule has 1 heterocycles. The van der Waals surface area contributed by atoms with E-state index in [1.165, 1.54) is 0 Å². The molecule has 1 aliphatic heterocycles. The van der Waals surface area contributed by atoms with Crippen LogP contribution < -0.4 is 10.6 Å². The summed E-state index contributed by atoms with van der Waals surface area (Å²) in [5, 5.41) is 6.36. The summed E-state index contributed by atoms with van der Waals surface area (Å²) in [6, 6.07) is 7.46. The van der Waals surface area contributed by atoms with E-state index in [0.717, 1.165) is 18.4 Å². The van der Waals surface area contributed by atoms with Crippen molar-refractivity contribution < 1.29 is 14.4 Å². The standard InChI is InChI=1S/C19H25ClN4O3/c1-13(14-2-4-15(20)5-3-14)21-17(25)12-23-8-10-24(11-9-23)19(27)18(26)22-16-6-7-16/h2-5,13,16H,6-12H2,1H3,(H,21,25)(H,22,26). The number of piperazine rings is 1. The van der Waals surface area contributed by atoms with Gasteiger partial charge >= 0.3 is 11.8 Å². The fraction of sp³-hybridized carbons (Fsp3) is 0.526. The summed E-state index contributed by atoms with van der Waals surface area (Å²) in [7, 11) is 0. The maximum absolute atomic E-state index is 12.3. The fourth-order valence-electron chi connectivity index (χ4n) is 3.05. The highest BCUT2D eigenvalue weighted by Gasteiger charge is 2.31. The molecule has 0 spiro atoms. The molecule has 1 aromatic carbocycles. The largest absolute Gasteiger partial charge is 0.348 e. The Labute approximate surface area is 164 Å². The molecule has 146 valence electrons. The summed E-state index contributed by atoms with van der Waals surface area (Å²) < 4.78 is 0. The molecule has 1 aliphatic carbocycles. The molecule has 0 aromatic heterocycles. The predicted octanol–water partition coefficient (Wildman–Crippen LogP) is 0.940. The van der Waals surface area contributed by atoms with Crippen molar-refractivity contribution >= 4 is 29.3 Å². The minimum absolute atomic E-state index is 0.0660. The lowest BCUT2D eigenvalue weighted by atomic mass is 10.1. The molecule has 27 heavy (non-hydrogen) atoms. The first-order valence-electron chi connectivity index (χ1n) is 9.29. The Hall–Kier alpha value is -2.12. The maximum Gasteiger partial charge on any atom is 0.311 e. The van der Waals surface area contributed by atoms with Gasteiger partial charge in [0.15, 0.2) is 0 Å². The number of halogens is 1. The first-order chi connectivity index (χ1) is 12.9. The Bertz CT molecular complexity index is 697. The van der Waals surface area contributed by atoms with Gasteiger partial charge in [0.25, 0.3) is 0 Å². The third-order valence-corrected chi connectivity index (χ3v) is 5.13. The first-order valence-corrected chi connectivity index (χ1v) is 9.67. The zero-order chi connectivity index (χ0) is 19.4. The number of amides is 3. The molecule has 1 unspecified atom stereocenters. The van der Waals surface area contributed by atoms with Gasteiger partial charge in [-0.3, -0.25) is 19.3 Å². The van der Waals surface area contributed by atoms with Gasteiger partial charge in [-0.1, -0.05) is 23.7 Å². The summed E-state index contributed by atoms with van der Waals surface area (Å²) in [6.45, 7) is 4.26. The number of hydrogen-bond donors (Lipinski definition) is 2. The SMILES string of the molecule is CC(NC(=O)CN1CCN(C(=O)C(=O)NC2CC2)CC1)c1ccc(Cl)cc1. The molecular formula is C19H25ClN4O3. The molecule has 7 nitrogen and oxygen atoms in total. The van der Waals surface area contributed by atoms with E-state index in [2.05, 4.69) is 10.6 Å². The summed E-state index contributed by atoms with van der Waals surface area (Å²) in [6.07, 6.45) is 1.91. The molecule has 2 fully saturated rings. The minimum Gasteiger partial charge on any atom is -0.348 e. The summed E-state index contributed by atoms with van der Waals surface area (Å²) in [4.78, 5) is 39.8. The molecular weight excluding hydrogens is 368 g/mol. The van der Waals surface area contributed by atoms with Crippen molar-refractivity contribution in [3.8, 4) is 0 Å². The Morgan fingerprint density at radius 3 is 2.33 bits per heavy atom. The molecule has 1 saturated heterocycles. The molecule has 1 saturated carbocycles. The lowest BCUT2D eigenvalue weighted by Crippen LogP contribution is -2.54. The molecule has 1 atom stereocenters. The summed E-state index contributed by atoms with van der Waals surface area (Å²) >= 11 is 5.89. The van der Waals surface area contributed by atoms with Gasteiger partial charge < -0.3 is 15.5 Å².